The van der Waals surface area contributed by atoms with Crippen LogP contribution in [-0.2, 0) is 26.2 Å². The molecule has 0 saturated heterocycles. The number of aliphatic hydroxyl groups is 2. The number of nitrogens with zero attached hydrogens (tertiary/aromatic N) is 2. The Morgan fingerprint density at radius 1 is 0.632 bits per heavy atom. The summed E-state index contributed by atoms with van der Waals surface area (Å²) in [6, 6.07) is 0. The number of hydrogen-bond acceptors (Lipinski definition) is 2. The molecule has 0 aromatic carbocycles. The first kappa shape index (κ1) is 31.9. The van der Waals surface area contributed by atoms with E-state index in [2.05, 4.69) is 10.6 Å². The molecule has 0 saturated carbocycles. The summed E-state index contributed by atoms with van der Waals surface area (Å²) >= 11 is 0. The zero-order valence-electron chi connectivity index (χ0n) is 14.3. The van der Waals surface area contributed by atoms with Crippen LogP contribution in [0.15, 0.2) is 0 Å². The molecule has 4 nitrogen and oxygen atoms in total. The van der Waals surface area contributed by atoms with Gasteiger partial charge >= 0.3 is 26.2 Å². The Morgan fingerprint density at radius 3 is 0.737 bits per heavy atom. The molecule has 0 aromatic heterocycles. The van der Waals surface area contributed by atoms with Gasteiger partial charge in [0.25, 0.3) is 0 Å². The van der Waals surface area contributed by atoms with Crippen LogP contribution in [0.5, 0.6) is 0 Å². The summed E-state index contributed by atoms with van der Waals surface area (Å²) in [6.45, 7) is 18.9. The van der Waals surface area contributed by atoms with Gasteiger partial charge in [-0.2, -0.15) is 26.2 Å². The molecule has 0 aliphatic rings. The fraction of sp³-hybridized carbons (Fsp3) is 1.00. The van der Waals surface area contributed by atoms with Crippen LogP contribution in [0, 0.1) is 0 Å². The summed E-state index contributed by atoms with van der Waals surface area (Å²) in [6.07, 6.45) is -0.333. The molecule has 118 valence electrons. The molecule has 0 aromatic rings. The van der Waals surface area contributed by atoms with Crippen LogP contribution in [0.2, 0.25) is 0 Å². The third-order valence-electron chi connectivity index (χ3n) is 0.894. The molecular weight excluding hydrogens is 319 g/mol. The van der Waals surface area contributed by atoms with E-state index in [4.69, 9.17) is 10.2 Å². The summed E-state index contributed by atoms with van der Waals surface area (Å²) in [5.74, 6) is 0. The van der Waals surface area contributed by atoms with E-state index in [1.807, 2.05) is 27.7 Å². The largest absolute Gasteiger partial charge is 2.00 e. The van der Waals surface area contributed by atoms with Crippen molar-refractivity contribution in [3.8, 4) is 0 Å². The second-order valence-corrected chi connectivity index (χ2v) is 3.90. The minimum atomic E-state index is -0.167. The molecule has 0 radical (unpaired) electrons. The van der Waals surface area contributed by atoms with E-state index in [0.717, 1.165) is 26.2 Å². The van der Waals surface area contributed by atoms with Crippen LogP contribution < -0.4 is 0 Å². The molecule has 5 heteroatoms. The minimum absolute atomic E-state index is 0. The molecule has 0 aliphatic carbocycles. The van der Waals surface area contributed by atoms with E-state index >= 15 is 0 Å². The molecule has 0 atom stereocenters. The number of aliphatic hydroxyl groups excluding tert-OH is 2. The van der Waals surface area contributed by atoms with Gasteiger partial charge in [-0.1, -0.05) is 27.7 Å². The summed E-state index contributed by atoms with van der Waals surface area (Å²) in [7, 11) is 0. The van der Waals surface area contributed by atoms with E-state index < -0.39 is 0 Å². The average Bonchev–Trinajstić information content (AvgIpc) is 2.19. The first-order valence-electron chi connectivity index (χ1n) is 6.92. The monoisotopic (exact) mass is 354 g/mol. The maximum absolute atomic E-state index is 8.06. The summed E-state index contributed by atoms with van der Waals surface area (Å²) in [4.78, 5) is 0. The van der Waals surface area contributed by atoms with Crippen molar-refractivity contribution >= 4 is 0 Å². The third-order valence-corrected chi connectivity index (χ3v) is 0.894. The number of hydrogen-bond donors (Lipinski definition) is 2. The summed E-state index contributed by atoms with van der Waals surface area (Å²) in [5.41, 5.74) is 0. The van der Waals surface area contributed by atoms with E-state index in [-0.39, 0.29) is 38.4 Å². The molecule has 2 N–H and O–H groups in total. The zero-order chi connectivity index (χ0) is 15.4. The second kappa shape index (κ2) is 36.3. The van der Waals surface area contributed by atoms with Gasteiger partial charge in [0.1, 0.15) is 0 Å². The standard InChI is InChI=1S/2C4H10N.2C3H8O.Zr/c2*1-3-5-4-2;2*1-3(2)4;/h2*3-4H2,1-2H3;2*3-4H,1-2H3;/q2*-1;;;+2. The number of rotatable bonds is 4. The van der Waals surface area contributed by atoms with Crippen molar-refractivity contribution in [2.45, 2.75) is 67.6 Å². The molecule has 0 heterocycles. The van der Waals surface area contributed by atoms with Gasteiger partial charge in [0.05, 0.1) is 0 Å². The molecule has 0 amide bonds. The predicted octanol–water partition coefficient (Wildman–Crippen LogP) is 3.57. The molecular formula is C14H36N2O2Zr. The van der Waals surface area contributed by atoms with Gasteiger partial charge in [-0.3, -0.25) is 0 Å². The maximum Gasteiger partial charge on any atom is 2.00 e. The second-order valence-electron chi connectivity index (χ2n) is 3.90. The molecule has 0 fully saturated rings. The summed E-state index contributed by atoms with van der Waals surface area (Å²) in [5, 5.41) is 24.1. The molecule has 0 unspecified atom stereocenters. The van der Waals surface area contributed by atoms with Crippen LogP contribution in [-0.4, -0.2) is 48.6 Å². The van der Waals surface area contributed by atoms with Crippen molar-refractivity contribution in [1.29, 1.82) is 0 Å². The maximum atomic E-state index is 8.06. The molecule has 19 heavy (non-hydrogen) atoms. The van der Waals surface area contributed by atoms with Crippen LogP contribution >= 0.6 is 0 Å². The van der Waals surface area contributed by atoms with Crippen molar-refractivity contribution in [1.82, 2.24) is 0 Å². The van der Waals surface area contributed by atoms with E-state index in [1.54, 1.807) is 27.7 Å². The topological polar surface area (TPSA) is 68.7 Å². The van der Waals surface area contributed by atoms with Crippen molar-refractivity contribution in [2.24, 2.45) is 0 Å². The third kappa shape index (κ3) is 235. The smallest absolute Gasteiger partial charge is 0.663 e. The van der Waals surface area contributed by atoms with Crippen molar-refractivity contribution in [3.63, 3.8) is 0 Å². The molecule has 0 aliphatic heterocycles. The van der Waals surface area contributed by atoms with Gasteiger partial charge in [0.15, 0.2) is 0 Å². The van der Waals surface area contributed by atoms with Gasteiger partial charge in [-0.25, -0.2) is 0 Å². The van der Waals surface area contributed by atoms with E-state index in [0.29, 0.717) is 0 Å². The average molecular weight is 356 g/mol. The van der Waals surface area contributed by atoms with Crippen molar-refractivity contribution in [3.05, 3.63) is 10.6 Å². The normalized spacial score (nSPS) is 8.21. The Bertz CT molecular complexity index is 83.9. The Balaban J connectivity index is -0.0000000453. The predicted molar refractivity (Wildman–Crippen MR) is 83.6 cm³/mol. The van der Waals surface area contributed by atoms with Crippen molar-refractivity contribution < 1.29 is 36.4 Å². The van der Waals surface area contributed by atoms with Crippen LogP contribution in [0.3, 0.4) is 0 Å². The Morgan fingerprint density at radius 2 is 0.737 bits per heavy atom. The van der Waals surface area contributed by atoms with E-state index in [9.17, 15) is 0 Å². The van der Waals surface area contributed by atoms with E-state index in [1.165, 1.54) is 0 Å². The van der Waals surface area contributed by atoms with Gasteiger partial charge in [-0.15, -0.1) is 0 Å². The first-order chi connectivity index (χ1) is 8.29. The fourth-order valence-corrected chi connectivity index (χ4v) is 0.447. The Kier molecular flexibility index (Phi) is 61.0. The first-order valence-corrected chi connectivity index (χ1v) is 6.92. The van der Waals surface area contributed by atoms with Gasteiger partial charge in [-0.05, 0) is 27.7 Å². The Hall–Kier alpha value is 0.723. The van der Waals surface area contributed by atoms with Gasteiger partial charge in [0, 0.05) is 12.2 Å². The van der Waals surface area contributed by atoms with Crippen LogP contribution in [0.4, 0.5) is 0 Å². The van der Waals surface area contributed by atoms with Crippen molar-refractivity contribution in [2.75, 3.05) is 26.2 Å². The van der Waals surface area contributed by atoms with Gasteiger partial charge in [0.2, 0.25) is 0 Å². The minimum Gasteiger partial charge on any atom is -0.663 e. The fourth-order valence-electron chi connectivity index (χ4n) is 0.447. The summed E-state index contributed by atoms with van der Waals surface area (Å²) < 4.78 is 0. The molecule has 0 spiro atoms. The zero-order valence-corrected chi connectivity index (χ0v) is 16.7. The SMILES string of the molecule is CC(C)O.CC(C)O.CC[N-]CC.CC[N-]CC.[Zr+2]. The van der Waals surface area contributed by atoms with Gasteiger partial charge < -0.3 is 20.8 Å². The molecule has 0 rings (SSSR count). The molecule has 0 bridgehead atoms. The Labute approximate surface area is 140 Å². The van der Waals surface area contributed by atoms with Crippen LogP contribution in [0.1, 0.15) is 55.4 Å². The quantitative estimate of drug-likeness (QED) is 0.809. The van der Waals surface area contributed by atoms with Crippen LogP contribution in [0.25, 0.3) is 10.6 Å².